The molecule has 2 heterocycles. The summed E-state index contributed by atoms with van der Waals surface area (Å²) in [5.41, 5.74) is 2.88. The standard InChI is InChI=1S/C15H16N4O2S/c1-10(14-11(2)19-15(22-14)16-9-17-19)18-21-8-12-4-6-13(20-3)7-5-12/h4-7,9H,8H2,1-3H3/b18-10-. The Hall–Kier alpha value is -2.41. The zero-order valence-electron chi connectivity index (χ0n) is 12.6. The molecule has 0 aliphatic rings. The number of benzene rings is 1. The van der Waals surface area contributed by atoms with E-state index in [0.29, 0.717) is 6.61 Å². The first-order valence-corrected chi connectivity index (χ1v) is 7.59. The lowest BCUT2D eigenvalue weighted by Gasteiger charge is -2.03. The van der Waals surface area contributed by atoms with Crippen LogP contribution in [0.4, 0.5) is 0 Å². The molecule has 114 valence electrons. The first-order chi connectivity index (χ1) is 10.7. The minimum atomic E-state index is 0.418. The number of rotatable bonds is 5. The first-order valence-electron chi connectivity index (χ1n) is 6.78. The summed E-state index contributed by atoms with van der Waals surface area (Å²) in [6.45, 7) is 4.34. The number of ether oxygens (including phenoxy) is 1. The smallest absolute Gasteiger partial charge is 0.212 e. The molecule has 0 unspecified atom stereocenters. The quantitative estimate of drug-likeness (QED) is 0.536. The molecule has 0 aliphatic carbocycles. The second kappa shape index (κ2) is 6.15. The lowest BCUT2D eigenvalue weighted by Crippen LogP contribution is -1.98. The number of aromatic nitrogens is 3. The number of hydrogen-bond donors (Lipinski definition) is 0. The van der Waals surface area contributed by atoms with Gasteiger partial charge in [0.1, 0.15) is 18.7 Å². The van der Waals surface area contributed by atoms with Crippen molar-refractivity contribution >= 4 is 22.0 Å². The Morgan fingerprint density at radius 2 is 2.09 bits per heavy atom. The number of hydrogen-bond acceptors (Lipinski definition) is 6. The van der Waals surface area contributed by atoms with Gasteiger partial charge in [-0.1, -0.05) is 28.6 Å². The topological polar surface area (TPSA) is 61.0 Å². The van der Waals surface area contributed by atoms with Crippen LogP contribution in [-0.4, -0.2) is 27.4 Å². The van der Waals surface area contributed by atoms with Gasteiger partial charge in [-0.25, -0.2) is 9.50 Å². The van der Waals surface area contributed by atoms with Crippen LogP contribution >= 0.6 is 11.3 Å². The largest absolute Gasteiger partial charge is 0.497 e. The predicted molar refractivity (Wildman–Crippen MR) is 85.6 cm³/mol. The number of methoxy groups -OCH3 is 1. The molecule has 7 heteroatoms. The molecule has 6 nitrogen and oxygen atoms in total. The van der Waals surface area contributed by atoms with Crippen LogP contribution in [0.15, 0.2) is 35.7 Å². The highest BCUT2D eigenvalue weighted by atomic mass is 32.1. The second-order valence-electron chi connectivity index (χ2n) is 4.77. The third-order valence-electron chi connectivity index (χ3n) is 3.28. The second-order valence-corrected chi connectivity index (χ2v) is 5.75. The highest BCUT2D eigenvalue weighted by Crippen LogP contribution is 2.21. The summed E-state index contributed by atoms with van der Waals surface area (Å²) in [5, 5.41) is 8.37. The summed E-state index contributed by atoms with van der Waals surface area (Å²) in [5.74, 6) is 0.827. The fourth-order valence-electron chi connectivity index (χ4n) is 2.09. The molecule has 0 aliphatic heterocycles. The average Bonchev–Trinajstić information content (AvgIpc) is 3.11. The van der Waals surface area contributed by atoms with Crippen molar-refractivity contribution in [1.82, 2.24) is 14.6 Å². The van der Waals surface area contributed by atoms with Crippen molar-refractivity contribution in [1.29, 1.82) is 0 Å². The molecule has 0 spiro atoms. The zero-order chi connectivity index (χ0) is 15.5. The van der Waals surface area contributed by atoms with Crippen LogP contribution in [-0.2, 0) is 11.4 Å². The minimum Gasteiger partial charge on any atom is -0.497 e. The maximum atomic E-state index is 5.44. The highest BCUT2D eigenvalue weighted by Gasteiger charge is 2.12. The molecule has 0 atom stereocenters. The van der Waals surface area contributed by atoms with E-state index < -0.39 is 0 Å². The predicted octanol–water partition coefficient (Wildman–Crippen LogP) is 3.05. The fraction of sp³-hybridized carbons (Fsp3) is 0.267. The summed E-state index contributed by atoms with van der Waals surface area (Å²) in [7, 11) is 1.65. The lowest BCUT2D eigenvalue weighted by atomic mass is 10.2. The van der Waals surface area contributed by atoms with Crippen molar-refractivity contribution in [3.05, 3.63) is 46.7 Å². The Labute approximate surface area is 132 Å². The van der Waals surface area contributed by atoms with E-state index in [1.54, 1.807) is 24.8 Å². The maximum absolute atomic E-state index is 5.44. The van der Waals surface area contributed by atoms with Crippen LogP contribution < -0.4 is 4.74 Å². The van der Waals surface area contributed by atoms with Gasteiger partial charge in [-0.3, -0.25) is 0 Å². The van der Waals surface area contributed by atoms with Gasteiger partial charge in [0.15, 0.2) is 0 Å². The van der Waals surface area contributed by atoms with Crippen molar-refractivity contribution in [2.24, 2.45) is 5.16 Å². The van der Waals surface area contributed by atoms with Gasteiger partial charge in [0, 0.05) is 0 Å². The van der Waals surface area contributed by atoms with E-state index in [1.807, 2.05) is 42.6 Å². The van der Waals surface area contributed by atoms with E-state index in [1.165, 1.54) is 0 Å². The Kier molecular flexibility index (Phi) is 4.06. The molecule has 3 aromatic rings. The molecule has 0 fully saturated rings. The SMILES string of the molecule is COc1ccc(CO/N=C(/C)c2sc3ncnn3c2C)cc1. The Balaban J connectivity index is 1.68. The van der Waals surface area contributed by atoms with E-state index in [-0.39, 0.29) is 0 Å². The summed E-state index contributed by atoms with van der Waals surface area (Å²) >= 11 is 1.55. The van der Waals surface area contributed by atoms with Crippen LogP contribution in [0.2, 0.25) is 0 Å². The lowest BCUT2D eigenvalue weighted by molar-refractivity contribution is 0.130. The minimum absolute atomic E-state index is 0.418. The van der Waals surface area contributed by atoms with Crippen molar-refractivity contribution in [3.63, 3.8) is 0 Å². The molecular weight excluding hydrogens is 300 g/mol. The number of nitrogens with zero attached hydrogens (tertiary/aromatic N) is 4. The Morgan fingerprint density at radius 3 is 2.77 bits per heavy atom. The Bertz CT molecular complexity index is 805. The molecular formula is C15H16N4O2S. The summed E-state index contributed by atoms with van der Waals surface area (Å²) < 4.78 is 6.93. The number of fused-ring (bicyclic) bond motifs is 1. The number of thiazole rings is 1. The molecule has 1 aromatic carbocycles. The molecule has 3 rings (SSSR count). The van der Waals surface area contributed by atoms with E-state index in [4.69, 9.17) is 9.57 Å². The molecule has 2 aromatic heterocycles. The van der Waals surface area contributed by atoms with E-state index in [0.717, 1.165) is 32.6 Å². The van der Waals surface area contributed by atoms with Crippen molar-refractivity contribution in [2.75, 3.05) is 7.11 Å². The van der Waals surface area contributed by atoms with Gasteiger partial charge in [0.2, 0.25) is 4.96 Å². The van der Waals surface area contributed by atoms with Crippen LogP contribution in [0.3, 0.4) is 0 Å². The summed E-state index contributed by atoms with van der Waals surface area (Å²) in [6.07, 6.45) is 1.55. The number of oxime groups is 1. The fourth-order valence-corrected chi connectivity index (χ4v) is 3.07. The molecule has 0 saturated heterocycles. The van der Waals surface area contributed by atoms with Gasteiger partial charge in [0.25, 0.3) is 0 Å². The van der Waals surface area contributed by atoms with Gasteiger partial charge in [-0.15, -0.1) is 0 Å². The molecule has 0 N–H and O–H groups in total. The van der Waals surface area contributed by atoms with E-state index >= 15 is 0 Å². The Morgan fingerprint density at radius 1 is 1.32 bits per heavy atom. The van der Waals surface area contributed by atoms with Gasteiger partial charge in [0.05, 0.1) is 23.4 Å². The molecule has 0 amide bonds. The maximum Gasteiger partial charge on any atom is 0.212 e. The summed E-state index contributed by atoms with van der Waals surface area (Å²) in [6, 6.07) is 7.72. The van der Waals surface area contributed by atoms with Crippen LogP contribution in [0, 0.1) is 6.92 Å². The number of aryl methyl sites for hydroxylation is 1. The van der Waals surface area contributed by atoms with Crippen molar-refractivity contribution in [2.45, 2.75) is 20.5 Å². The average molecular weight is 316 g/mol. The van der Waals surface area contributed by atoms with Gasteiger partial charge >= 0.3 is 0 Å². The molecule has 0 bridgehead atoms. The van der Waals surface area contributed by atoms with Crippen LogP contribution in [0.1, 0.15) is 23.1 Å². The third kappa shape index (κ3) is 2.80. The van der Waals surface area contributed by atoms with Gasteiger partial charge in [-0.05, 0) is 31.5 Å². The normalized spacial score (nSPS) is 11.9. The molecule has 22 heavy (non-hydrogen) atoms. The van der Waals surface area contributed by atoms with Crippen molar-refractivity contribution < 1.29 is 9.57 Å². The van der Waals surface area contributed by atoms with Gasteiger partial charge in [-0.2, -0.15) is 5.10 Å². The van der Waals surface area contributed by atoms with Crippen LogP contribution in [0.5, 0.6) is 5.75 Å². The molecule has 0 radical (unpaired) electrons. The molecule has 0 saturated carbocycles. The van der Waals surface area contributed by atoms with Gasteiger partial charge < -0.3 is 9.57 Å². The zero-order valence-corrected chi connectivity index (χ0v) is 13.4. The highest BCUT2D eigenvalue weighted by molar-refractivity contribution is 7.19. The van der Waals surface area contributed by atoms with Crippen LogP contribution in [0.25, 0.3) is 4.96 Å². The van der Waals surface area contributed by atoms with E-state index in [9.17, 15) is 0 Å². The third-order valence-corrected chi connectivity index (χ3v) is 4.53. The monoisotopic (exact) mass is 316 g/mol. The first kappa shape index (κ1) is 14.5. The van der Waals surface area contributed by atoms with E-state index in [2.05, 4.69) is 15.2 Å². The summed E-state index contributed by atoms with van der Waals surface area (Å²) in [4.78, 5) is 11.5. The van der Waals surface area contributed by atoms with Crippen molar-refractivity contribution in [3.8, 4) is 5.75 Å².